The molecule has 0 aliphatic heterocycles. The van der Waals surface area contributed by atoms with E-state index in [4.69, 9.17) is 11.6 Å². The summed E-state index contributed by atoms with van der Waals surface area (Å²) in [6, 6.07) is 3.69. The SMILES string of the molecule is Clc1ccc2ncn(CC3CC3)c2n1. The Morgan fingerprint density at radius 2 is 2.29 bits per heavy atom. The van der Waals surface area contributed by atoms with E-state index in [2.05, 4.69) is 14.5 Å². The Kier molecular flexibility index (Phi) is 1.74. The Hall–Kier alpha value is -1.09. The Morgan fingerprint density at radius 3 is 3.07 bits per heavy atom. The van der Waals surface area contributed by atoms with Crippen LogP contribution in [0.1, 0.15) is 12.8 Å². The zero-order valence-electron chi connectivity index (χ0n) is 7.65. The predicted octanol–water partition coefficient (Wildman–Crippen LogP) is 2.49. The van der Waals surface area contributed by atoms with Crippen LogP contribution in [0.4, 0.5) is 0 Å². The molecule has 14 heavy (non-hydrogen) atoms. The van der Waals surface area contributed by atoms with Gasteiger partial charge in [0.2, 0.25) is 0 Å². The number of rotatable bonds is 2. The van der Waals surface area contributed by atoms with Gasteiger partial charge in [0.05, 0.1) is 6.33 Å². The lowest BCUT2D eigenvalue weighted by Crippen LogP contribution is -1.98. The van der Waals surface area contributed by atoms with Gasteiger partial charge in [0.15, 0.2) is 5.65 Å². The average Bonchev–Trinajstić information content (AvgIpc) is 2.90. The van der Waals surface area contributed by atoms with Crippen LogP contribution in [0.5, 0.6) is 0 Å². The topological polar surface area (TPSA) is 30.7 Å². The number of pyridine rings is 1. The zero-order chi connectivity index (χ0) is 9.54. The first-order valence-corrected chi connectivity index (χ1v) is 5.18. The normalized spacial score (nSPS) is 16.4. The summed E-state index contributed by atoms with van der Waals surface area (Å²) in [6.07, 6.45) is 4.52. The van der Waals surface area contributed by atoms with Gasteiger partial charge in [-0.25, -0.2) is 9.97 Å². The average molecular weight is 208 g/mol. The van der Waals surface area contributed by atoms with Gasteiger partial charge in [-0.15, -0.1) is 0 Å². The summed E-state index contributed by atoms with van der Waals surface area (Å²) in [7, 11) is 0. The van der Waals surface area contributed by atoms with Crippen LogP contribution in [0.3, 0.4) is 0 Å². The molecule has 0 radical (unpaired) electrons. The number of halogens is 1. The third kappa shape index (κ3) is 1.38. The van der Waals surface area contributed by atoms with Gasteiger partial charge in [-0.1, -0.05) is 11.6 Å². The summed E-state index contributed by atoms with van der Waals surface area (Å²) >= 11 is 5.85. The lowest BCUT2D eigenvalue weighted by molar-refractivity contribution is 0.638. The molecule has 1 aliphatic carbocycles. The molecule has 0 N–H and O–H groups in total. The van der Waals surface area contributed by atoms with Crippen LogP contribution in [0.25, 0.3) is 11.2 Å². The second kappa shape index (κ2) is 2.95. The quantitative estimate of drug-likeness (QED) is 0.709. The first-order valence-electron chi connectivity index (χ1n) is 4.80. The molecule has 1 aliphatic rings. The van der Waals surface area contributed by atoms with Crippen LogP contribution in [-0.4, -0.2) is 14.5 Å². The van der Waals surface area contributed by atoms with Crippen LogP contribution in [-0.2, 0) is 6.54 Å². The van der Waals surface area contributed by atoms with Crippen LogP contribution >= 0.6 is 11.6 Å². The summed E-state index contributed by atoms with van der Waals surface area (Å²) in [5.74, 6) is 0.827. The van der Waals surface area contributed by atoms with Crippen molar-refractivity contribution in [1.29, 1.82) is 0 Å². The van der Waals surface area contributed by atoms with E-state index in [1.54, 1.807) is 6.07 Å². The van der Waals surface area contributed by atoms with Crippen molar-refractivity contribution in [3.63, 3.8) is 0 Å². The summed E-state index contributed by atoms with van der Waals surface area (Å²) in [6.45, 7) is 1.03. The fraction of sp³-hybridized carbons (Fsp3) is 0.400. The summed E-state index contributed by atoms with van der Waals surface area (Å²) < 4.78 is 2.10. The molecular weight excluding hydrogens is 198 g/mol. The largest absolute Gasteiger partial charge is 0.315 e. The van der Waals surface area contributed by atoms with E-state index in [1.807, 2.05) is 12.4 Å². The van der Waals surface area contributed by atoms with Crippen LogP contribution in [0.15, 0.2) is 18.5 Å². The molecule has 72 valence electrons. The maximum Gasteiger partial charge on any atom is 0.161 e. The fourth-order valence-electron chi connectivity index (χ4n) is 1.63. The van der Waals surface area contributed by atoms with E-state index < -0.39 is 0 Å². The summed E-state index contributed by atoms with van der Waals surface area (Å²) in [4.78, 5) is 8.56. The number of nitrogens with zero attached hydrogens (tertiary/aromatic N) is 3. The van der Waals surface area contributed by atoms with Crippen LogP contribution < -0.4 is 0 Å². The fourth-order valence-corrected chi connectivity index (χ4v) is 1.77. The number of hydrogen-bond donors (Lipinski definition) is 0. The minimum Gasteiger partial charge on any atom is -0.315 e. The van der Waals surface area contributed by atoms with Crippen molar-refractivity contribution in [2.45, 2.75) is 19.4 Å². The van der Waals surface area contributed by atoms with Crippen LogP contribution in [0.2, 0.25) is 5.15 Å². The van der Waals surface area contributed by atoms with E-state index in [-0.39, 0.29) is 0 Å². The molecule has 0 atom stereocenters. The highest BCUT2D eigenvalue weighted by Gasteiger charge is 2.22. The van der Waals surface area contributed by atoms with Gasteiger partial charge < -0.3 is 4.57 Å². The highest BCUT2D eigenvalue weighted by atomic mass is 35.5. The van der Waals surface area contributed by atoms with Gasteiger partial charge in [0.1, 0.15) is 10.7 Å². The van der Waals surface area contributed by atoms with Crippen molar-refractivity contribution in [2.24, 2.45) is 5.92 Å². The van der Waals surface area contributed by atoms with Crippen molar-refractivity contribution in [2.75, 3.05) is 0 Å². The van der Waals surface area contributed by atoms with Crippen molar-refractivity contribution in [3.05, 3.63) is 23.6 Å². The molecule has 3 rings (SSSR count). The molecule has 0 saturated heterocycles. The molecule has 0 unspecified atom stereocenters. The highest BCUT2D eigenvalue weighted by molar-refractivity contribution is 6.29. The molecule has 2 heterocycles. The highest BCUT2D eigenvalue weighted by Crippen LogP contribution is 2.31. The third-order valence-electron chi connectivity index (χ3n) is 2.58. The van der Waals surface area contributed by atoms with Gasteiger partial charge in [-0.2, -0.15) is 0 Å². The second-order valence-corrected chi connectivity index (χ2v) is 4.20. The molecular formula is C10H10ClN3. The van der Waals surface area contributed by atoms with Crippen molar-refractivity contribution in [3.8, 4) is 0 Å². The minimum absolute atomic E-state index is 0.537. The summed E-state index contributed by atoms with van der Waals surface area (Å²) in [5.41, 5.74) is 1.83. The van der Waals surface area contributed by atoms with Gasteiger partial charge in [0, 0.05) is 6.54 Å². The van der Waals surface area contributed by atoms with Crippen molar-refractivity contribution in [1.82, 2.24) is 14.5 Å². The Balaban J connectivity index is 2.08. The number of hydrogen-bond acceptors (Lipinski definition) is 2. The van der Waals surface area contributed by atoms with Gasteiger partial charge in [0.25, 0.3) is 0 Å². The molecule has 2 aromatic heterocycles. The predicted molar refractivity (Wildman–Crippen MR) is 55.3 cm³/mol. The molecule has 0 spiro atoms. The number of imidazole rings is 1. The lowest BCUT2D eigenvalue weighted by atomic mass is 10.4. The molecule has 0 amide bonds. The first kappa shape index (κ1) is 8.24. The second-order valence-electron chi connectivity index (χ2n) is 3.82. The van der Waals surface area contributed by atoms with Gasteiger partial charge in [-0.3, -0.25) is 0 Å². The van der Waals surface area contributed by atoms with E-state index in [0.717, 1.165) is 23.6 Å². The zero-order valence-corrected chi connectivity index (χ0v) is 8.41. The Bertz CT molecular complexity index is 473. The van der Waals surface area contributed by atoms with Crippen LogP contribution in [0, 0.1) is 5.92 Å². The maximum absolute atomic E-state index is 5.85. The van der Waals surface area contributed by atoms with E-state index >= 15 is 0 Å². The first-order chi connectivity index (χ1) is 6.83. The molecule has 1 fully saturated rings. The van der Waals surface area contributed by atoms with Gasteiger partial charge >= 0.3 is 0 Å². The molecule has 0 bridgehead atoms. The monoisotopic (exact) mass is 207 g/mol. The van der Waals surface area contributed by atoms with E-state index in [0.29, 0.717) is 5.15 Å². The Labute approximate surface area is 86.7 Å². The standard InChI is InChI=1S/C10H10ClN3/c11-9-4-3-8-10(13-9)14(6-12-8)5-7-1-2-7/h3-4,6-7H,1-2,5H2. The molecule has 3 nitrogen and oxygen atoms in total. The van der Waals surface area contributed by atoms with E-state index in [1.165, 1.54) is 12.8 Å². The molecule has 4 heteroatoms. The maximum atomic E-state index is 5.85. The molecule has 2 aromatic rings. The van der Waals surface area contributed by atoms with Gasteiger partial charge in [-0.05, 0) is 30.9 Å². The minimum atomic E-state index is 0.537. The Morgan fingerprint density at radius 1 is 1.43 bits per heavy atom. The third-order valence-corrected chi connectivity index (χ3v) is 2.79. The number of aromatic nitrogens is 3. The molecule has 1 saturated carbocycles. The smallest absolute Gasteiger partial charge is 0.161 e. The lowest BCUT2D eigenvalue weighted by Gasteiger charge is -2.00. The van der Waals surface area contributed by atoms with E-state index in [9.17, 15) is 0 Å². The molecule has 0 aromatic carbocycles. The number of fused-ring (bicyclic) bond motifs is 1. The van der Waals surface area contributed by atoms with Crippen molar-refractivity contribution >= 4 is 22.8 Å². The summed E-state index contributed by atoms with van der Waals surface area (Å²) in [5, 5.41) is 0.537. The van der Waals surface area contributed by atoms with Crippen molar-refractivity contribution < 1.29 is 0 Å².